The molecule has 0 spiro atoms. The molecule has 0 fully saturated rings. The van der Waals surface area contributed by atoms with Crippen LogP contribution >= 0.6 is 23.5 Å². The molecule has 1 aromatic rings. The monoisotopic (exact) mass is 383 g/mol. The molecule has 4 nitrogen and oxygen atoms in total. The summed E-state index contributed by atoms with van der Waals surface area (Å²) >= 11 is 7.87. The Bertz CT molecular complexity index is 611. The second-order valence-corrected chi connectivity index (χ2v) is 6.82. The van der Waals surface area contributed by atoms with Crippen molar-refractivity contribution in [2.75, 3.05) is 18.1 Å². The van der Waals surface area contributed by atoms with Crippen LogP contribution in [0, 0.1) is 6.92 Å². The van der Waals surface area contributed by atoms with Crippen LogP contribution in [0.2, 0.25) is 5.02 Å². The molecule has 0 bridgehead atoms. The molecule has 0 radical (unpaired) electrons. The lowest BCUT2D eigenvalue weighted by molar-refractivity contribution is -0.115. The molecule has 0 aliphatic carbocycles. The van der Waals surface area contributed by atoms with Gasteiger partial charge in [-0.25, -0.2) is 0 Å². The third-order valence-corrected chi connectivity index (χ3v) is 3.87. The number of allylic oxidation sites excluding steroid dienone is 2. The molecule has 0 heterocycles. The van der Waals surface area contributed by atoms with Gasteiger partial charge in [0.15, 0.2) is 0 Å². The van der Waals surface area contributed by atoms with Gasteiger partial charge in [0.1, 0.15) is 5.82 Å². The zero-order chi connectivity index (χ0) is 19.4. The Balaban J connectivity index is 0.00000277. The fraction of sp³-hybridized carbons (Fsp3) is 0.421. The minimum Gasteiger partial charge on any atom is -0.339 e. The number of hydrogen-bond acceptors (Lipinski definition) is 4. The maximum atomic E-state index is 11.3. The average Bonchev–Trinajstić information content (AvgIpc) is 2.59. The third kappa shape index (κ3) is 8.36. The molecule has 0 saturated carbocycles. The van der Waals surface area contributed by atoms with Gasteiger partial charge in [-0.2, -0.15) is 0 Å². The molecular formula is C19H30ClN3OS. The minimum atomic E-state index is 0.612. The maximum absolute atomic E-state index is 11.3. The summed E-state index contributed by atoms with van der Waals surface area (Å²) in [7, 11) is 1.70. The van der Waals surface area contributed by atoms with Crippen molar-refractivity contribution in [3.63, 3.8) is 0 Å². The predicted octanol–water partition coefficient (Wildman–Crippen LogP) is 5.57. The predicted molar refractivity (Wildman–Crippen MR) is 113 cm³/mol. The summed E-state index contributed by atoms with van der Waals surface area (Å²) in [5.41, 5.74) is 3.78. The summed E-state index contributed by atoms with van der Waals surface area (Å²) in [5.74, 6) is 1.55. The van der Waals surface area contributed by atoms with Crippen LogP contribution in [-0.4, -0.2) is 24.1 Å². The Hall–Kier alpha value is -1.59. The van der Waals surface area contributed by atoms with Gasteiger partial charge in [0.05, 0.1) is 16.4 Å². The second-order valence-electron chi connectivity index (χ2n) is 5.34. The van der Waals surface area contributed by atoms with Gasteiger partial charge >= 0.3 is 0 Å². The lowest BCUT2D eigenvalue weighted by atomic mass is 10.2. The van der Waals surface area contributed by atoms with Crippen molar-refractivity contribution in [3.8, 4) is 0 Å². The number of carbonyl (C=O) groups excluding carboxylic acids is 1. The van der Waals surface area contributed by atoms with E-state index in [2.05, 4.69) is 17.0 Å². The van der Waals surface area contributed by atoms with Gasteiger partial charge in [-0.1, -0.05) is 56.0 Å². The van der Waals surface area contributed by atoms with Crippen LogP contribution in [0.5, 0.6) is 0 Å². The highest BCUT2D eigenvalue weighted by atomic mass is 35.5. The first-order valence-corrected chi connectivity index (χ1v) is 9.73. The summed E-state index contributed by atoms with van der Waals surface area (Å²) in [6, 6.07) is 5.77. The highest BCUT2D eigenvalue weighted by Crippen LogP contribution is 2.25. The lowest BCUT2D eigenvalue weighted by Crippen LogP contribution is -2.26. The summed E-state index contributed by atoms with van der Waals surface area (Å²) in [6.07, 6.45) is 2.76. The van der Waals surface area contributed by atoms with E-state index in [1.54, 1.807) is 19.0 Å². The average molecular weight is 384 g/mol. The quantitative estimate of drug-likeness (QED) is 0.350. The molecule has 0 aliphatic rings. The van der Waals surface area contributed by atoms with Crippen molar-refractivity contribution >= 4 is 35.6 Å². The number of anilines is 1. The van der Waals surface area contributed by atoms with Gasteiger partial charge in [0.2, 0.25) is 6.41 Å². The van der Waals surface area contributed by atoms with Crippen LogP contribution in [0.25, 0.3) is 0 Å². The van der Waals surface area contributed by atoms with Gasteiger partial charge in [-0.3, -0.25) is 4.79 Å². The Kier molecular flexibility index (Phi) is 11.9. The van der Waals surface area contributed by atoms with E-state index in [0.29, 0.717) is 10.8 Å². The number of nitrogens with zero attached hydrogens (tertiary/aromatic N) is 1. The zero-order valence-corrected chi connectivity index (χ0v) is 17.8. The number of rotatable bonds is 8. The van der Waals surface area contributed by atoms with Crippen molar-refractivity contribution < 1.29 is 4.79 Å². The van der Waals surface area contributed by atoms with Gasteiger partial charge in [-0.15, -0.1) is 0 Å². The van der Waals surface area contributed by atoms with E-state index in [1.807, 2.05) is 58.9 Å². The van der Waals surface area contributed by atoms with Gasteiger partial charge in [-0.05, 0) is 44.5 Å². The molecule has 0 saturated heterocycles. The number of hydrogen-bond donors (Lipinski definition) is 2. The van der Waals surface area contributed by atoms with E-state index in [4.69, 9.17) is 11.6 Å². The second kappa shape index (κ2) is 12.7. The molecule has 2 N–H and O–H groups in total. The van der Waals surface area contributed by atoms with Gasteiger partial charge in [0, 0.05) is 12.8 Å². The number of amides is 1. The summed E-state index contributed by atoms with van der Waals surface area (Å²) in [5, 5.41) is 3.87. The van der Waals surface area contributed by atoms with Crippen molar-refractivity contribution in [2.24, 2.45) is 0 Å². The molecule has 25 heavy (non-hydrogen) atoms. The molecular weight excluding hydrogens is 354 g/mol. The number of aryl methyl sites for hydroxylation is 1. The highest BCUT2D eigenvalue weighted by Gasteiger charge is 2.12. The largest absolute Gasteiger partial charge is 0.339 e. The summed E-state index contributed by atoms with van der Waals surface area (Å²) in [6.45, 7) is 12.1. The molecule has 0 unspecified atom stereocenters. The molecule has 0 aliphatic heterocycles. The molecule has 140 valence electrons. The Morgan fingerprint density at radius 2 is 1.96 bits per heavy atom. The zero-order valence-electron chi connectivity index (χ0n) is 16.2. The summed E-state index contributed by atoms with van der Waals surface area (Å²) < 4.78 is 3.28. The fourth-order valence-electron chi connectivity index (χ4n) is 1.83. The molecule has 0 aromatic heterocycles. The first kappa shape index (κ1) is 23.4. The Labute approximate surface area is 161 Å². The SMILES string of the molecule is CC.CCSN/C(C=C(C)C)=C(\Nc1ccc(C)cc1Cl)N(C)C=O. The van der Waals surface area contributed by atoms with Crippen LogP contribution in [0.15, 0.2) is 41.4 Å². The first-order valence-electron chi connectivity index (χ1n) is 8.37. The van der Waals surface area contributed by atoms with Gasteiger partial charge < -0.3 is 14.9 Å². The Morgan fingerprint density at radius 3 is 2.44 bits per heavy atom. The van der Waals surface area contributed by atoms with E-state index >= 15 is 0 Å². The third-order valence-electron chi connectivity index (χ3n) is 2.90. The van der Waals surface area contributed by atoms with E-state index in [-0.39, 0.29) is 0 Å². The van der Waals surface area contributed by atoms with Crippen molar-refractivity contribution in [2.45, 2.75) is 41.5 Å². The van der Waals surface area contributed by atoms with Crippen LogP contribution in [0.1, 0.15) is 40.2 Å². The van der Waals surface area contributed by atoms with Crippen LogP contribution in [0.3, 0.4) is 0 Å². The van der Waals surface area contributed by atoms with Crippen LogP contribution in [0.4, 0.5) is 5.69 Å². The van der Waals surface area contributed by atoms with E-state index in [9.17, 15) is 4.79 Å². The van der Waals surface area contributed by atoms with Crippen LogP contribution < -0.4 is 10.0 Å². The minimum absolute atomic E-state index is 0.612. The molecule has 6 heteroatoms. The topological polar surface area (TPSA) is 44.4 Å². The number of nitrogens with one attached hydrogen (secondary N) is 2. The van der Waals surface area contributed by atoms with Crippen molar-refractivity contribution in [1.82, 2.24) is 9.62 Å². The van der Waals surface area contributed by atoms with E-state index in [0.717, 1.165) is 34.7 Å². The molecule has 0 atom stereocenters. The smallest absolute Gasteiger partial charge is 0.215 e. The highest BCUT2D eigenvalue weighted by molar-refractivity contribution is 7.97. The Morgan fingerprint density at radius 1 is 1.32 bits per heavy atom. The number of benzene rings is 1. The summed E-state index contributed by atoms with van der Waals surface area (Å²) in [4.78, 5) is 12.8. The molecule has 1 aromatic carbocycles. The van der Waals surface area contributed by atoms with Gasteiger partial charge in [0.25, 0.3) is 0 Å². The van der Waals surface area contributed by atoms with Crippen molar-refractivity contribution in [1.29, 1.82) is 0 Å². The lowest BCUT2D eigenvalue weighted by Gasteiger charge is -2.22. The fourth-order valence-corrected chi connectivity index (χ4v) is 2.57. The normalized spacial score (nSPS) is 10.7. The number of carbonyl (C=O) groups is 1. The standard InChI is InChI=1S/C17H24ClN3OS.C2H6/c1-6-23-20-16(9-12(2)3)17(21(5)11-22)19-15-8-7-13(4)10-14(15)18;1-2/h7-11,19-20H,6H2,1-5H3;1-2H3/b17-16+;. The molecule has 1 rings (SSSR count). The molecule has 1 amide bonds. The number of halogens is 1. The van der Waals surface area contributed by atoms with Crippen LogP contribution in [-0.2, 0) is 4.79 Å². The van der Waals surface area contributed by atoms with Crippen molar-refractivity contribution in [3.05, 3.63) is 52.0 Å². The van der Waals surface area contributed by atoms with E-state index < -0.39 is 0 Å². The maximum Gasteiger partial charge on any atom is 0.215 e. The first-order chi connectivity index (χ1) is 11.9. The van der Waals surface area contributed by atoms with E-state index in [1.165, 1.54) is 4.90 Å².